The second-order valence-electron chi connectivity index (χ2n) is 13.1. The molecule has 0 unspecified atom stereocenters. The maximum Gasteiger partial charge on any atom is 0.164 e. The summed E-state index contributed by atoms with van der Waals surface area (Å²) in [6.07, 6.45) is 6.62. The molecule has 4 heteroatoms. The Hall–Kier alpha value is -6.65. The van der Waals surface area contributed by atoms with Crippen molar-refractivity contribution in [1.29, 1.82) is 0 Å². The van der Waals surface area contributed by atoms with Crippen molar-refractivity contribution in [2.45, 2.75) is 12.8 Å². The Bertz CT molecular complexity index is 2800. The molecule has 0 N–H and O–H groups in total. The van der Waals surface area contributed by atoms with E-state index in [2.05, 4.69) is 121 Å². The molecule has 2 heterocycles. The molecule has 0 amide bonds. The Morgan fingerprint density at radius 3 is 2.02 bits per heavy atom. The fourth-order valence-electron chi connectivity index (χ4n) is 7.49. The van der Waals surface area contributed by atoms with Crippen LogP contribution in [0, 0.1) is 0 Å². The van der Waals surface area contributed by atoms with Gasteiger partial charge in [-0.3, -0.25) is 0 Å². The molecule has 0 radical (unpaired) electrons. The van der Waals surface area contributed by atoms with Crippen molar-refractivity contribution in [3.63, 3.8) is 0 Å². The van der Waals surface area contributed by atoms with Crippen molar-refractivity contribution >= 4 is 38.8 Å². The summed E-state index contributed by atoms with van der Waals surface area (Å²) < 4.78 is 6.66. The largest absolute Gasteiger partial charge is 0.455 e. The van der Waals surface area contributed by atoms with Crippen LogP contribution < -0.4 is 0 Å². The Morgan fingerprint density at radius 1 is 0.471 bits per heavy atom. The van der Waals surface area contributed by atoms with E-state index in [1.807, 2.05) is 42.5 Å². The molecule has 0 saturated carbocycles. The molecule has 1 aliphatic rings. The lowest BCUT2D eigenvalue weighted by Crippen LogP contribution is -2.01. The molecule has 0 fully saturated rings. The van der Waals surface area contributed by atoms with Gasteiger partial charge in [0.15, 0.2) is 17.5 Å². The van der Waals surface area contributed by atoms with E-state index in [1.54, 1.807) is 0 Å². The van der Waals surface area contributed by atoms with Crippen molar-refractivity contribution in [1.82, 2.24) is 15.0 Å². The van der Waals surface area contributed by atoms with Crippen LogP contribution in [0.25, 0.3) is 95.2 Å². The summed E-state index contributed by atoms with van der Waals surface area (Å²) in [6, 6.07) is 52.9. The standard InChI is InChI=1S/C47H31N3O/c1-2-13-33(14-3-1)45-48-46(34-24-22-32(23-25-34)38-19-10-16-31-12-6-7-17-37(31)38)50-47(49-45)41-28-27-39(36-26-21-30-11-4-5-15-35(30)29-36)44-43(41)40-18-8-9-20-42(40)51-44/h1-6,8-16,18-29H,7,17H2. The lowest BCUT2D eigenvalue weighted by Gasteiger charge is -2.16. The van der Waals surface area contributed by atoms with Crippen LogP contribution in [-0.2, 0) is 6.42 Å². The van der Waals surface area contributed by atoms with Crippen LogP contribution in [0.3, 0.4) is 0 Å². The highest BCUT2D eigenvalue weighted by Crippen LogP contribution is 2.42. The Morgan fingerprint density at radius 2 is 1.16 bits per heavy atom. The second kappa shape index (κ2) is 12.0. The SMILES string of the molecule is C1=Cc2cccc(-c3ccc(-c4nc(-c5ccccc5)nc(-c5ccc(-c6ccc7ccccc7c6)c6oc7ccccc7c56)n4)cc3)c2CC1. The summed E-state index contributed by atoms with van der Waals surface area (Å²) in [7, 11) is 0. The number of fused-ring (bicyclic) bond motifs is 5. The van der Waals surface area contributed by atoms with E-state index < -0.39 is 0 Å². The fourth-order valence-corrected chi connectivity index (χ4v) is 7.49. The van der Waals surface area contributed by atoms with Crippen LogP contribution in [-0.4, -0.2) is 15.0 Å². The first kappa shape index (κ1) is 29.3. The number of rotatable bonds is 5. The summed E-state index contributed by atoms with van der Waals surface area (Å²) in [6.45, 7) is 0. The van der Waals surface area contributed by atoms with E-state index in [0.29, 0.717) is 17.5 Å². The number of allylic oxidation sites excluding steroid dienone is 1. The number of nitrogens with zero attached hydrogens (tertiary/aromatic N) is 3. The molecule has 240 valence electrons. The van der Waals surface area contributed by atoms with E-state index in [4.69, 9.17) is 19.4 Å². The number of hydrogen-bond acceptors (Lipinski definition) is 4. The predicted molar refractivity (Wildman–Crippen MR) is 209 cm³/mol. The van der Waals surface area contributed by atoms with Crippen molar-refractivity contribution in [2.75, 3.05) is 0 Å². The molecule has 0 bridgehead atoms. The quantitative estimate of drug-likeness (QED) is 0.185. The van der Waals surface area contributed by atoms with Crippen LogP contribution >= 0.6 is 0 Å². The number of para-hydroxylation sites is 1. The van der Waals surface area contributed by atoms with Crippen molar-refractivity contribution in [2.24, 2.45) is 0 Å². The zero-order valence-electron chi connectivity index (χ0n) is 27.8. The molecule has 9 aromatic rings. The molecule has 7 aromatic carbocycles. The molecule has 10 rings (SSSR count). The van der Waals surface area contributed by atoms with E-state index in [0.717, 1.165) is 62.6 Å². The molecule has 2 aromatic heterocycles. The minimum absolute atomic E-state index is 0.605. The van der Waals surface area contributed by atoms with Gasteiger partial charge in [0.1, 0.15) is 11.2 Å². The lowest BCUT2D eigenvalue weighted by atomic mass is 9.89. The Labute approximate surface area is 295 Å². The van der Waals surface area contributed by atoms with Gasteiger partial charge in [0.2, 0.25) is 0 Å². The van der Waals surface area contributed by atoms with Gasteiger partial charge in [0, 0.05) is 33.0 Å². The summed E-state index contributed by atoms with van der Waals surface area (Å²) in [4.78, 5) is 15.3. The molecular weight excluding hydrogens is 623 g/mol. The maximum absolute atomic E-state index is 6.66. The van der Waals surface area contributed by atoms with Gasteiger partial charge >= 0.3 is 0 Å². The molecular formula is C47H31N3O. The third-order valence-corrected chi connectivity index (χ3v) is 10.0. The normalized spacial score (nSPS) is 12.5. The van der Waals surface area contributed by atoms with E-state index >= 15 is 0 Å². The van der Waals surface area contributed by atoms with Gasteiger partial charge in [-0.25, -0.2) is 15.0 Å². The lowest BCUT2D eigenvalue weighted by molar-refractivity contribution is 0.670. The van der Waals surface area contributed by atoms with Gasteiger partial charge < -0.3 is 4.42 Å². The minimum Gasteiger partial charge on any atom is -0.455 e. The van der Waals surface area contributed by atoms with Gasteiger partial charge in [-0.05, 0) is 75.7 Å². The minimum atomic E-state index is 0.605. The summed E-state index contributed by atoms with van der Waals surface area (Å²) in [5.41, 5.74) is 11.7. The fraction of sp³-hybridized carbons (Fsp3) is 0.0426. The summed E-state index contributed by atoms with van der Waals surface area (Å²) in [5.74, 6) is 1.86. The predicted octanol–water partition coefficient (Wildman–Crippen LogP) is 12.2. The van der Waals surface area contributed by atoms with Crippen LogP contribution in [0.5, 0.6) is 0 Å². The van der Waals surface area contributed by atoms with Gasteiger partial charge in [-0.1, -0.05) is 140 Å². The van der Waals surface area contributed by atoms with Gasteiger partial charge in [0.05, 0.1) is 0 Å². The molecule has 1 aliphatic carbocycles. The third kappa shape index (κ3) is 5.12. The number of benzene rings is 7. The van der Waals surface area contributed by atoms with Crippen LogP contribution in [0.1, 0.15) is 17.5 Å². The Balaban J connectivity index is 1.15. The highest BCUT2D eigenvalue weighted by atomic mass is 16.3. The number of hydrogen-bond donors (Lipinski definition) is 0. The highest BCUT2D eigenvalue weighted by Gasteiger charge is 2.21. The zero-order chi connectivity index (χ0) is 33.7. The molecule has 0 spiro atoms. The molecule has 4 nitrogen and oxygen atoms in total. The van der Waals surface area contributed by atoms with Crippen LogP contribution in [0.4, 0.5) is 0 Å². The first-order chi connectivity index (χ1) is 25.3. The summed E-state index contributed by atoms with van der Waals surface area (Å²) >= 11 is 0. The highest BCUT2D eigenvalue weighted by molar-refractivity contribution is 6.16. The average molecular weight is 654 g/mol. The van der Waals surface area contributed by atoms with Gasteiger partial charge in [-0.15, -0.1) is 0 Å². The van der Waals surface area contributed by atoms with Gasteiger partial charge in [0.25, 0.3) is 0 Å². The van der Waals surface area contributed by atoms with Crippen LogP contribution in [0.2, 0.25) is 0 Å². The first-order valence-electron chi connectivity index (χ1n) is 17.4. The Kier molecular flexibility index (Phi) is 6.91. The smallest absolute Gasteiger partial charge is 0.164 e. The van der Waals surface area contributed by atoms with E-state index in [9.17, 15) is 0 Å². The number of furan rings is 1. The van der Waals surface area contributed by atoms with Crippen molar-refractivity contribution in [3.05, 3.63) is 169 Å². The molecule has 0 aliphatic heterocycles. The van der Waals surface area contributed by atoms with Crippen molar-refractivity contribution in [3.8, 4) is 56.4 Å². The third-order valence-electron chi connectivity index (χ3n) is 10.0. The topological polar surface area (TPSA) is 51.8 Å². The number of aromatic nitrogens is 3. The molecule has 0 saturated heterocycles. The van der Waals surface area contributed by atoms with Gasteiger partial charge in [-0.2, -0.15) is 0 Å². The first-order valence-corrected chi connectivity index (χ1v) is 17.4. The monoisotopic (exact) mass is 653 g/mol. The van der Waals surface area contributed by atoms with Crippen LogP contribution in [0.15, 0.2) is 162 Å². The molecule has 0 atom stereocenters. The van der Waals surface area contributed by atoms with E-state index in [1.165, 1.54) is 33.0 Å². The second-order valence-corrected chi connectivity index (χ2v) is 13.1. The average Bonchev–Trinajstić information content (AvgIpc) is 3.60. The molecule has 51 heavy (non-hydrogen) atoms. The zero-order valence-corrected chi connectivity index (χ0v) is 27.8. The van der Waals surface area contributed by atoms with Crippen molar-refractivity contribution < 1.29 is 4.42 Å². The van der Waals surface area contributed by atoms with E-state index in [-0.39, 0.29) is 0 Å². The summed E-state index contributed by atoms with van der Waals surface area (Å²) in [5, 5.41) is 4.41. The maximum atomic E-state index is 6.66.